The number of rotatable bonds is 8. The van der Waals surface area contributed by atoms with E-state index in [-0.39, 0.29) is 0 Å². The first kappa shape index (κ1) is 16.0. The number of nitrogens with one attached hydrogen (secondary N) is 2. The van der Waals surface area contributed by atoms with Crippen molar-refractivity contribution in [2.75, 3.05) is 19.0 Å². The summed E-state index contributed by atoms with van der Waals surface area (Å²) < 4.78 is 6.51. The number of urea groups is 1. The van der Waals surface area contributed by atoms with E-state index in [4.69, 9.17) is 9.84 Å². The van der Waals surface area contributed by atoms with Crippen LogP contribution >= 0.6 is 0 Å². The zero-order chi connectivity index (χ0) is 15.0. The number of aryl methyl sites for hydroxylation is 1. The van der Waals surface area contributed by atoms with Gasteiger partial charge in [0.1, 0.15) is 6.04 Å². The van der Waals surface area contributed by atoms with E-state index >= 15 is 0 Å². The third kappa shape index (κ3) is 5.27. The van der Waals surface area contributed by atoms with Gasteiger partial charge in [-0.25, -0.2) is 9.59 Å². The highest BCUT2D eigenvalue weighted by molar-refractivity contribution is 5.91. The monoisotopic (exact) mass is 284 g/mol. The minimum absolute atomic E-state index is 0.310. The molecule has 1 unspecified atom stereocenters. The molecule has 0 saturated carbocycles. The predicted molar refractivity (Wildman–Crippen MR) is 72.6 cm³/mol. The summed E-state index contributed by atoms with van der Waals surface area (Å²) in [6.07, 6.45) is 4.04. The fourth-order valence-corrected chi connectivity index (χ4v) is 1.62. The Kier molecular flexibility index (Phi) is 6.51. The highest BCUT2D eigenvalue weighted by atomic mass is 16.5. The van der Waals surface area contributed by atoms with E-state index in [1.165, 1.54) is 6.20 Å². The van der Waals surface area contributed by atoms with Gasteiger partial charge < -0.3 is 20.5 Å². The lowest BCUT2D eigenvalue weighted by molar-refractivity contribution is -0.139. The van der Waals surface area contributed by atoms with Crippen molar-refractivity contribution in [3.8, 4) is 0 Å². The summed E-state index contributed by atoms with van der Waals surface area (Å²) in [4.78, 5) is 22.7. The number of amides is 2. The van der Waals surface area contributed by atoms with E-state index in [2.05, 4.69) is 15.7 Å². The van der Waals surface area contributed by atoms with Gasteiger partial charge in [-0.15, -0.1) is 0 Å². The molecule has 8 heteroatoms. The number of carboxylic acid groups (broad SMARTS) is 1. The summed E-state index contributed by atoms with van der Waals surface area (Å²) in [7, 11) is 1.54. The Morgan fingerprint density at radius 2 is 2.30 bits per heavy atom. The molecule has 3 N–H and O–H groups in total. The molecular weight excluding hydrogens is 264 g/mol. The van der Waals surface area contributed by atoms with E-state index in [0.717, 1.165) is 0 Å². The number of aliphatic carboxylic acids is 1. The molecule has 0 aliphatic carbocycles. The van der Waals surface area contributed by atoms with Gasteiger partial charge in [-0.05, 0) is 19.8 Å². The molecule has 0 aromatic carbocycles. The molecule has 0 aliphatic rings. The van der Waals surface area contributed by atoms with Crippen molar-refractivity contribution in [1.82, 2.24) is 15.1 Å². The lowest BCUT2D eigenvalue weighted by Crippen LogP contribution is -2.43. The van der Waals surface area contributed by atoms with Crippen LogP contribution in [0.25, 0.3) is 0 Å². The van der Waals surface area contributed by atoms with Crippen LogP contribution in [0.2, 0.25) is 0 Å². The summed E-state index contributed by atoms with van der Waals surface area (Å²) in [6.45, 7) is 3.07. The van der Waals surface area contributed by atoms with E-state index < -0.39 is 18.0 Å². The molecular formula is C12H20N4O4. The van der Waals surface area contributed by atoms with Crippen LogP contribution in [-0.4, -0.2) is 46.6 Å². The highest BCUT2D eigenvalue weighted by Gasteiger charge is 2.19. The van der Waals surface area contributed by atoms with Crippen molar-refractivity contribution in [2.45, 2.75) is 32.4 Å². The standard InChI is InChI=1S/C12H20N4O4/c1-3-16-8-9(7-13-16)14-12(19)15-10(11(17)18)5-4-6-20-2/h7-8,10H,3-6H2,1-2H3,(H,17,18)(H2,14,15,19). The second-order valence-electron chi connectivity index (χ2n) is 4.21. The van der Waals surface area contributed by atoms with Gasteiger partial charge in [0.25, 0.3) is 0 Å². The van der Waals surface area contributed by atoms with Gasteiger partial charge in [0.05, 0.1) is 11.9 Å². The maximum Gasteiger partial charge on any atom is 0.326 e. The minimum atomic E-state index is -1.07. The van der Waals surface area contributed by atoms with Crippen LogP contribution < -0.4 is 10.6 Å². The largest absolute Gasteiger partial charge is 0.480 e. The van der Waals surface area contributed by atoms with E-state index in [1.54, 1.807) is 18.0 Å². The molecule has 1 rings (SSSR count). The number of anilines is 1. The zero-order valence-electron chi connectivity index (χ0n) is 11.6. The molecule has 0 saturated heterocycles. The molecule has 8 nitrogen and oxygen atoms in total. The smallest absolute Gasteiger partial charge is 0.326 e. The van der Waals surface area contributed by atoms with E-state index in [1.807, 2.05) is 6.92 Å². The maximum absolute atomic E-state index is 11.7. The molecule has 1 atom stereocenters. The van der Waals surface area contributed by atoms with Gasteiger partial charge in [0.15, 0.2) is 0 Å². The van der Waals surface area contributed by atoms with Gasteiger partial charge in [-0.3, -0.25) is 4.68 Å². The van der Waals surface area contributed by atoms with Crippen molar-refractivity contribution < 1.29 is 19.4 Å². The molecule has 0 aliphatic heterocycles. The lowest BCUT2D eigenvalue weighted by atomic mass is 10.1. The molecule has 20 heavy (non-hydrogen) atoms. The zero-order valence-corrected chi connectivity index (χ0v) is 11.6. The fourth-order valence-electron chi connectivity index (χ4n) is 1.62. The van der Waals surface area contributed by atoms with Crippen LogP contribution in [0, 0.1) is 0 Å². The normalized spacial score (nSPS) is 11.9. The first-order valence-electron chi connectivity index (χ1n) is 6.38. The number of hydrogen-bond donors (Lipinski definition) is 3. The van der Waals surface area contributed by atoms with Crippen LogP contribution in [0.4, 0.5) is 10.5 Å². The molecule has 1 aromatic rings. The van der Waals surface area contributed by atoms with Crippen molar-refractivity contribution in [1.29, 1.82) is 0 Å². The summed E-state index contributed by atoms with van der Waals surface area (Å²) in [5.41, 5.74) is 0.519. The molecule has 2 amide bonds. The van der Waals surface area contributed by atoms with Crippen LogP contribution in [0.3, 0.4) is 0 Å². The minimum Gasteiger partial charge on any atom is -0.480 e. The molecule has 112 valence electrons. The number of ether oxygens (including phenoxy) is 1. The number of carbonyl (C=O) groups is 2. The molecule has 0 bridgehead atoms. The fraction of sp³-hybridized carbons (Fsp3) is 0.583. The summed E-state index contributed by atoms with van der Waals surface area (Å²) in [6, 6.07) is -1.50. The number of methoxy groups -OCH3 is 1. The second kappa shape index (κ2) is 8.16. The molecule has 0 spiro atoms. The van der Waals surface area contributed by atoms with Gasteiger partial charge in [-0.2, -0.15) is 5.10 Å². The molecule has 1 aromatic heterocycles. The lowest BCUT2D eigenvalue weighted by Gasteiger charge is -2.14. The van der Waals surface area contributed by atoms with Crippen molar-refractivity contribution in [2.24, 2.45) is 0 Å². The summed E-state index contributed by atoms with van der Waals surface area (Å²) in [5.74, 6) is -1.07. The van der Waals surface area contributed by atoms with Crippen molar-refractivity contribution in [3.05, 3.63) is 12.4 Å². The van der Waals surface area contributed by atoms with Crippen molar-refractivity contribution in [3.63, 3.8) is 0 Å². The number of nitrogens with zero attached hydrogens (tertiary/aromatic N) is 2. The molecule has 1 heterocycles. The predicted octanol–water partition coefficient (Wildman–Crippen LogP) is 0.904. The Morgan fingerprint density at radius 3 is 2.85 bits per heavy atom. The van der Waals surface area contributed by atoms with Gasteiger partial charge >= 0.3 is 12.0 Å². The van der Waals surface area contributed by atoms with Crippen LogP contribution in [0.15, 0.2) is 12.4 Å². The molecule has 0 radical (unpaired) electrons. The Morgan fingerprint density at radius 1 is 1.55 bits per heavy atom. The number of carboxylic acids is 1. The Labute approximate surface area is 117 Å². The first-order chi connectivity index (χ1) is 9.56. The van der Waals surface area contributed by atoms with E-state index in [0.29, 0.717) is 31.7 Å². The van der Waals surface area contributed by atoms with Gasteiger partial charge in [-0.1, -0.05) is 0 Å². The first-order valence-corrected chi connectivity index (χ1v) is 6.38. The Balaban J connectivity index is 2.46. The quantitative estimate of drug-likeness (QED) is 0.615. The Hall–Kier alpha value is -2.09. The van der Waals surface area contributed by atoms with Gasteiger partial charge in [0, 0.05) is 26.5 Å². The Bertz CT molecular complexity index is 446. The highest BCUT2D eigenvalue weighted by Crippen LogP contribution is 2.05. The molecule has 0 fully saturated rings. The second-order valence-corrected chi connectivity index (χ2v) is 4.21. The van der Waals surface area contributed by atoms with Gasteiger partial charge in [0.2, 0.25) is 0 Å². The van der Waals surface area contributed by atoms with Crippen LogP contribution in [0.5, 0.6) is 0 Å². The third-order valence-electron chi connectivity index (χ3n) is 2.66. The van der Waals surface area contributed by atoms with Crippen LogP contribution in [0.1, 0.15) is 19.8 Å². The van der Waals surface area contributed by atoms with Crippen LogP contribution in [-0.2, 0) is 16.1 Å². The number of carbonyl (C=O) groups excluding carboxylic acids is 1. The number of hydrogen-bond acceptors (Lipinski definition) is 4. The van der Waals surface area contributed by atoms with E-state index in [9.17, 15) is 9.59 Å². The average Bonchev–Trinajstić information content (AvgIpc) is 2.85. The maximum atomic E-state index is 11.7. The SMILES string of the molecule is CCn1cc(NC(=O)NC(CCCOC)C(=O)O)cn1. The summed E-state index contributed by atoms with van der Waals surface area (Å²) in [5, 5.41) is 18.0. The van der Waals surface area contributed by atoms with Crippen molar-refractivity contribution >= 4 is 17.7 Å². The summed E-state index contributed by atoms with van der Waals surface area (Å²) >= 11 is 0. The third-order valence-corrected chi connectivity index (χ3v) is 2.66. The number of aromatic nitrogens is 2. The topological polar surface area (TPSA) is 105 Å². The average molecular weight is 284 g/mol.